The van der Waals surface area contributed by atoms with Gasteiger partial charge in [-0.1, -0.05) is 51.4 Å². The fraction of sp³-hybridized carbons (Fsp3) is 0.222. The molecule has 2 aromatic carbocycles. The highest BCUT2D eigenvalue weighted by Crippen LogP contribution is 2.24. The number of rotatable bonds is 7. The lowest BCUT2D eigenvalue weighted by Gasteiger charge is -2.09. The molecule has 0 saturated carbocycles. The van der Waals surface area contributed by atoms with Gasteiger partial charge in [0.2, 0.25) is 0 Å². The van der Waals surface area contributed by atoms with Crippen LogP contribution in [0.1, 0.15) is 18.3 Å². The number of hydrogen-bond acceptors (Lipinski definition) is 4. The third-order valence-electron chi connectivity index (χ3n) is 3.55. The van der Waals surface area contributed by atoms with Crippen LogP contribution in [-0.2, 0) is 18.9 Å². The zero-order valence-corrected chi connectivity index (χ0v) is 16.8. The fourth-order valence-electron chi connectivity index (χ4n) is 2.30. The van der Waals surface area contributed by atoms with E-state index in [2.05, 4.69) is 49.8 Å². The van der Waals surface area contributed by atoms with E-state index < -0.39 is 0 Å². The summed E-state index contributed by atoms with van der Waals surface area (Å²) < 4.78 is 8.95. The molecule has 0 aliphatic carbocycles. The van der Waals surface area contributed by atoms with Crippen molar-refractivity contribution in [3.8, 4) is 5.75 Å². The van der Waals surface area contributed by atoms with Crippen LogP contribution in [0.2, 0.25) is 5.02 Å². The predicted molar refractivity (Wildman–Crippen MR) is 105 cm³/mol. The molecular formula is C18H17BrClN3OS. The van der Waals surface area contributed by atoms with E-state index >= 15 is 0 Å². The molecule has 3 aromatic rings. The average Bonchev–Trinajstić information content (AvgIpc) is 3.01. The Bertz CT molecular complexity index is 839. The summed E-state index contributed by atoms with van der Waals surface area (Å²) in [6, 6.07) is 15.6. The van der Waals surface area contributed by atoms with Gasteiger partial charge in [0.25, 0.3) is 0 Å². The Morgan fingerprint density at radius 2 is 1.96 bits per heavy atom. The summed E-state index contributed by atoms with van der Waals surface area (Å²) in [5.74, 6) is 2.42. The first kappa shape index (κ1) is 18.3. The standard InChI is InChI=1S/C18H17BrClN3OS/c1-2-23-17(11-24-16-8-6-15(20)7-9-16)21-22-18(23)25-12-13-4-3-5-14(19)10-13/h3-10H,2,11-12H2,1H3. The van der Waals surface area contributed by atoms with Crippen molar-refractivity contribution < 1.29 is 4.74 Å². The zero-order valence-electron chi connectivity index (χ0n) is 13.7. The van der Waals surface area contributed by atoms with Gasteiger partial charge in [0.15, 0.2) is 11.0 Å². The minimum absolute atomic E-state index is 0.375. The molecule has 3 rings (SSSR count). The van der Waals surface area contributed by atoms with E-state index in [0.29, 0.717) is 11.6 Å². The Morgan fingerprint density at radius 1 is 1.16 bits per heavy atom. The number of thioether (sulfide) groups is 1. The number of aromatic nitrogens is 3. The van der Waals surface area contributed by atoms with E-state index in [1.807, 2.05) is 24.3 Å². The molecule has 7 heteroatoms. The molecule has 0 aliphatic heterocycles. The van der Waals surface area contributed by atoms with Gasteiger partial charge in [-0.15, -0.1) is 10.2 Å². The lowest BCUT2D eigenvalue weighted by molar-refractivity contribution is 0.288. The molecule has 0 radical (unpaired) electrons. The summed E-state index contributed by atoms with van der Waals surface area (Å²) in [6.07, 6.45) is 0. The van der Waals surface area contributed by atoms with Crippen molar-refractivity contribution in [3.05, 3.63) is 69.4 Å². The number of ether oxygens (including phenoxy) is 1. The summed E-state index contributed by atoms with van der Waals surface area (Å²) in [4.78, 5) is 0. The quantitative estimate of drug-likeness (QED) is 0.451. The van der Waals surface area contributed by atoms with Crippen LogP contribution < -0.4 is 4.74 Å². The van der Waals surface area contributed by atoms with Crippen molar-refractivity contribution in [2.75, 3.05) is 0 Å². The monoisotopic (exact) mass is 437 g/mol. The largest absolute Gasteiger partial charge is 0.486 e. The molecule has 1 heterocycles. The van der Waals surface area contributed by atoms with Crippen LogP contribution in [0.25, 0.3) is 0 Å². The van der Waals surface area contributed by atoms with Crippen molar-refractivity contribution in [1.29, 1.82) is 0 Å². The summed E-state index contributed by atoms with van der Waals surface area (Å²) in [5, 5.41) is 10.2. The number of nitrogens with zero attached hydrogens (tertiary/aromatic N) is 3. The van der Waals surface area contributed by atoms with E-state index in [-0.39, 0.29) is 0 Å². The van der Waals surface area contributed by atoms with Gasteiger partial charge >= 0.3 is 0 Å². The minimum atomic E-state index is 0.375. The molecule has 1 aromatic heterocycles. The van der Waals surface area contributed by atoms with Gasteiger partial charge in [-0.25, -0.2) is 0 Å². The Morgan fingerprint density at radius 3 is 2.68 bits per heavy atom. The number of benzene rings is 2. The van der Waals surface area contributed by atoms with Crippen molar-refractivity contribution in [2.45, 2.75) is 31.0 Å². The summed E-state index contributed by atoms with van der Waals surface area (Å²) >= 11 is 11.1. The van der Waals surface area contributed by atoms with Gasteiger partial charge in [0, 0.05) is 21.8 Å². The highest BCUT2D eigenvalue weighted by atomic mass is 79.9. The maximum atomic E-state index is 5.89. The van der Waals surface area contributed by atoms with Crippen LogP contribution in [0.4, 0.5) is 0 Å². The highest BCUT2D eigenvalue weighted by Gasteiger charge is 2.12. The van der Waals surface area contributed by atoms with Crippen LogP contribution in [0.3, 0.4) is 0 Å². The minimum Gasteiger partial charge on any atom is -0.486 e. The first-order valence-corrected chi connectivity index (χ1v) is 9.99. The molecule has 0 unspecified atom stereocenters. The Labute approximate surface area is 164 Å². The fourth-order valence-corrected chi connectivity index (χ4v) is 3.84. The van der Waals surface area contributed by atoms with Gasteiger partial charge in [-0.3, -0.25) is 0 Å². The van der Waals surface area contributed by atoms with Crippen LogP contribution in [0, 0.1) is 0 Å². The molecule has 0 amide bonds. The molecule has 0 fully saturated rings. The zero-order chi connectivity index (χ0) is 17.6. The maximum Gasteiger partial charge on any atom is 0.191 e. The lowest BCUT2D eigenvalue weighted by Crippen LogP contribution is -2.07. The second-order valence-corrected chi connectivity index (χ2v) is 7.60. The average molecular weight is 439 g/mol. The van der Waals surface area contributed by atoms with Crippen molar-refractivity contribution in [2.24, 2.45) is 0 Å². The van der Waals surface area contributed by atoms with Gasteiger partial charge in [-0.2, -0.15) is 0 Å². The molecule has 0 saturated heterocycles. The smallest absolute Gasteiger partial charge is 0.191 e. The molecule has 0 atom stereocenters. The molecule has 0 N–H and O–H groups in total. The molecule has 4 nitrogen and oxygen atoms in total. The van der Waals surface area contributed by atoms with Gasteiger partial charge in [-0.05, 0) is 48.9 Å². The summed E-state index contributed by atoms with van der Waals surface area (Å²) in [6.45, 7) is 3.26. The summed E-state index contributed by atoms with van der Waals surface area (Å²) in [7, 11) is 0. The van der Waals surface area contributed by atoms with Crippen molar-refractivity contribution in [3.63, 3.8) is 0 Å². The van der Waals surface area contributed by atoms with E-state index in [4.69, 9.17) is 16.3 Å². The first-order chi connectivity index (χ1) is 12.2. The Balaban J connectivity index is 1.64. The van der Waals surface area contributed by atoms with E-state index in [0.717, 1.165) is 33.5 Å². The molecule has 25 heavy (non-hydrogen) atoms. The third kappa shape index (κ3) is 5.00. The Kier molecular flexibility index (Phi) is 6.39. The van der Waals surface area contributed by atoms with E-state index in [1.54, 1.807) is 23.9 Å². The van der Waals surface area contributed by atoms with Crippen LogP contribution in [-0.4, -0.2) is 14.8 Å². The molecule has 0 spiro atoms. The van der Waals surface area contributed by atoms with Crippen LogP contribution in [0.5, 0.6) is 5.75 Å². The molecule has 0 bridgehead atoms. The number of halogens is 2. The third-order valence-corrected chi connectivity index (χ3v) is 5.33. The van der Waals surface area contributed by atoms with Crippen molar-refractivity contribution in [1.82, 2.24) is 14.8 Å². The topological polar surface area (TPSA) is 39.9 Å². The SMILES string of the molecule is CCn1c(COc2ccc(Cl)cc2)nnc1SCc1cccc(Br)c1. The lowest BCUT2D eigenvalue weighted by atomic mass is 10.2. The Hall–Kier alpha value is -1.50. The second kappa shape index (κ2) is 8.74. The van der Waals surface area contributed by atoms with E-state index in [9.17, 15) is 0 Å². The highest BCUT2D eigenvalue weighted by molar-refractivity contribution is 9.10. The molecule has 130 valence electrons. The first-order valence-electron chi connectivity index (χ1n) is 7.83. The van der Waals surface area contributed by atoms with E-state index in [1.165, 1.54) is 5.56 Å². The van der Waals surface area contributed by atoms with Crippen molar-refractivity contribution >= 4 is 39.3 Å². The van der Waals surface area contributed by atoms with Gasteiger partial charge < -0.3 is 9.30 Å². The number of hydrogen-bond donors (Lipinski definition) is 0. The van der Waals surface area contributed by atoms with Crippen LogP contribution >= 0.6 is 39.3 Å². The van der Waals surface area contributed by atoms with Gasteiger partial charge in [0.05, 0.1) is 0 Å². The molecular weight excluding hydrogens is 422 g/mol. The molecule has 0 aliphatic rings. The normalized spacial score (nSPS) is 10.8. The second-order valence-electron chi connectivity index (χ2n) is 5.30. The van der Waals surface area contributed by atoms with Gasteiger partial charge in [0.1, 0.15) is 12.4 Å². The predicted octanol–water partition coefficient (Wildman–Crippen LogP) is 5.59. The maximum absolute atomic E-state index is 5.89. The summed E-state index contributed by atoms with van der Waals surface area (Å²) in [5.41, 5.74) is 1.24. The van der Waals surface area contributed by atoms with Crippen LogP contribution in [0.15, 0.2) is 58.2 Å².